The van der Waals surface area contributed by atoms with Gasteiger partial charge in [0.2, 0.25) is 0 Å². The molecule has 1 rings (SSSR count). The number of nitro groups is 1. The van der Waals surface area contributed by atoms with Crippen molar-refractivity contribution in [2.24, 2.45) is 0 Å². The first kappa shape index (κ1) is 15.5. The number of aromatic carboxylic acids is 1. The fourth-order valence-corrected chi connectivity index (χ4v) is 1.19. The molecule has 0 aliphatic rings. The molecule has 0 fully saturated rings. The average Bonchev–Trinajstić information content (AvgIpc) is 2.24. The first-order valence-electron chi connectivity index (χ1n) is 4.49. The second kappa shape index (κ2) is 5.22. The summed E-state index contributed by atoms with van der Waals surface area (Å²) in [7, 11) is 0. The molecule has 1 N–H and O–H groups in total. The SMILES string of the molecule is O=C(O)c1c(C(F)F)cc([N+](=O)[O-])nc1OC(F)(F)F. The molecule has 1 heterocycles. The second-order valence-corrected chi connectivity index (χ2v) is 3.16. The molecule has 0 radical (unpaired) electrons. The van der Waals surface area contributed by atoms with Crippen LogP contribution in [0.25, 0.3) is 0 Å². The van der Waals surface area contributed by atoms with Gasteiger partial charge in [-0.3, -0.25) is 0 Å². The van der Waals surface area contributed by atoms with Crippen molar-refractivity contribution in [3.05, 3.63) is 27.3 Å². The largest absolute Gasteiger partial charge is 0.575 e. The number of pyridine rings is 1. The van der Waals surface area contributed by atoms with Crippen LogP contribution in [0.3, 0.4) is 0 Å². The van der Waals surface area contributed by atoms with Crippen LogP contribution >= 0.6 is 0 Å². The van der Waals surface area contributed by atoms with Crippen LogP contribution in [0.15, 0.2) is 6.07 Å². The normalized spacial score (nSPS) is 11.5. The number of alkyl halides is 5. The van der Waals surface area contributed by atoms with Crippen molar-refractivity contribution >= 4 is 11.8 Å². The number of hydrogen-bond acceptors (Lipinski definition) is 5. The monoisotopic (exact) mass is 302 g/mol. The van der Waals surface area contributed by atoms with Crippen LogP contribution < -0.4 is 4.74 Å². The molecule has 0 spiro atoms. The molecule has 20 heavy (non-hydrogen) atoms. The van der Waals surface area contributed by atoms with E-state index in [2.05, 4.69) is 9.72 Å². The van der Waals surface area contributed by atoms with E-state index in [1.807, 2.05) is 0 Å². The standard InChI is InChI=1S/C8H3F5N2O5/c9-5(10)2-1-3(15(18)19)14-6(4(2)7(16)17)20-8(11,12)13/h1,5H,(H,16,17). The summed E-state index contributed by atoms with van der Waals surface area (Å²) in [5, 5.41) is 19.0. The van der Waals surface area contributed by atoms with Gasteiger partial charge in [0.25, 0.3) is 6.43 Å². The maximum atomic E-state index is 12.6. The maximum absolute atomic E-state index is 12.6. The molecule has 0 aliphatic carbocycles. The fraction of sp³-hybridized carbons (Fsp3) is 0.250. The summed E-state index contributed by atoms with van der Waals surface area (Å²) in [6.07, 6.45) is -9.02. The van der Waals surface area contributed by atoms with Gasteiger partial charge in [-0.2, -0.15) is 0 Å². The molecule has 0 atom stereocenters. The van der Waals surface area contributed by atoms with E-state index in [-0.39, 0.29) is 6.07 Å². The van der Waals surface area contributed by atoms with Crippen LogP contribution in [0.4, 0.5) is 27.8 Å². The van der Waals surface area contributed by atoms with Crippen LogP contribution in [-0.4, -0.2) is 27.3 Å². The Labute approximate surface area is 105 Å². The molecule has 110 valence electrons. The molecule has 0 saturated carbocycles. The molecule has 7 nitrogen and oxygen atoms in total. The average molecular weight is 302 g/mol. The van der Waals surface area contributed by atoms with Gasteiger partial charge in [-0.1, -0.05) is 0 Å². The molecule has 0 amide bonds. The van der Waals surface area contributed by atoms with Gasteiger partial charge in [-0.15, -0.1) is 13.2 Å². The van der Waals surface area contributed by atoms with Crippen molar-refractivity contribution in [3.63, 3.8) is 0 Å². The Hall–Kier alpha value is -2.53. The minimum absolute atomic E-state index is 0.0668. The number of carbonyl (C=O) groups is 1. The molecule has 0 aromatic carbocycles. The van der Waals surface area contributed by atoms with Gasteiger partial charge in [0.1, 0.15) is 0 Å². The topological polar surface area (TPSA) is 103 Å². The Bertz CT molecular complexity index is 559. The van der Waals surface area contributed by atoms with Crippen molar-refractivity contribution in [1.29, 1.82) is 0 Å². The summed E-state index contributed by atoms with van der Waals surface area (Å²) in [5.41, 5.74) is -3.10. The summed E-state index contributed by atoms with van der Waals surface area (Å²) in [5.74, 6) is -5.42. The maximum Gasteiger partial charge on any atom is 0.575 e. The predicted octanol–water partition coefficient (Wildman–Crippen LogP) is 2.52. The Morgan fingerprint density at radius 2 is 2.00 bits per heavy atom. The summed E-state index contributed by atoms with van der Waals surface area (Å²) in [4.78, 5) is 22.4. The molecular weight excluding hydrogens is 299 g/mol. The molecule has 1 aromatic heterocycles. The van der Waals surface area contributed by atoms with Crippen LogP contribution in [0.2, 0.25) is 0 Å². The van der Waals surface area contributed by atoms with Gasteiger partial charge in [-0.05, 0) is 4.92 Å². The molecule has 0 saturated heterocycles. The van der Waals surface area contributed by atoms with Gasteiger partial charge in [0, 0.05) is 16.6 Å². The van der Waals surface area contributed by atoms with Crippen LogP contribution in [-0.2, 0) is 0 Å². The highest BCUT2D eigenvalue weighted by molar-refractivity contribution is 5.92. The Kier molecular flexibility index (Phi) is 4.06. The van der Waals surface area contributed by atoms with Gasteiger partial charge in [0.15, 0.2) is 5.56 Å². The molecule has 1 aromatic rings. The smallest absolute Gasteiger partial charge is 0.477 e. The number of rotatable bonds is 4. The third kappa shape index (κ3) is 3.49. The van der Waals surface area contributed by atoms with E-state index in [9.17, 15) is 36.9 Å². The number of ether oxygens (including phenoxy) is 1. The zero-order valence-electron chi connectivity index (χ0n) is 9.02. The van der Waals surface area contributed by atoms with Crippen molar-refractivity contribution < 1.29 is 41.5 Å². The number of carboxylic acid groups (broad SMARTS) is 1. The van der Waals surface area contributed by atoms with E-state index in [1.54, 1.807) is 0 Å². The van der Waals surface area contributed by atoms with Crippen molar-refractivity contribution in [2.75, 3.05) is 0 Å². The highest BCUT2D eigenvalue weighted by Crippen LogP contribution is 2.34. The minimum Gasteiger partial charge on any atom is -0.477 e. The van der Waals surface area contributed by atoms with Crippen molar-refractivity contribution in [1.82, 2.24) is 4.98 Å². The summed E-state index contributed by atoms with van der Waals surface area (Å²) in [6, 6.07) is 0.0668. The highest BCUT2D eigenvalue weighted by Gasteiger charge is 2.39. The van der Waals surface area contributed by atoms with E-state index in [0.29, 0.717) is 0 Å². The number of halogens is 5. The first-order valence-corrected chi connectivity index (χ1v) is 4.49. The lowest BCUT2D eigenvalue weighted by molar-refractivity contribution is -0.390. The van der Waals surface area contributed by atoms with Gasteiger partial charge in [-0.25, -0.2) is 13.6 Å². The number of hydrogen-bond donors (Lipinski definition) is 1. The molecule has 12 heteroatoms. The molecule has 0 aliphatic heterocycles. The molecular formula is C8H3F5N2O5. The third-order valence-electron chi connectivity index (χ3n) is 1.85. The number of carboxylic acids is 1. The summed E-state index contributed by atoms with van der Waals surface area (Å²) in [6.45, 7) is 0. The van der Waals surface area contributed by atoms with E-state index in [1.165, 1.54) is 0 Å². The Morgan fingerprint density at radius 3 is 2.35 bits per heavy atom. The first-order chi connectivity index (χ1) is 9.03. The van der Waals surface area contributed by atoms with Gasteiger partial charge >= 0.3 is 24.0 Å². The van der Waals surface area contributed by atoms with Crippen molar-refractivity contribution in [2.45, 2.75) is 12.8 Å². The summed E-state index contributed by atoms with van der Waals surface area (Å²) < 4.78 is 64.4. The lowest BCUT2D eigenvalue weighted by Crippen LogP contribution is -2.21. The molecule has 0 bridgehead atoms. The number of aromatic nitrogens is 1. The zero-order chi connectivity index (χ0) is 15.7. The quantitative estimate of drug-likeness (QED) is 0.521. The highest BCUT2D eigenvalue weighted by atomic mass is 19.4. The lowest BCUT2D eigenvalue weighted by Gasteiger charge is -2.10. The Balaban J connectivity index is 3.59. The Morgan fingerprint density at radius 1 is 1.45 bits per heavy atom. The van der Waals surface area contributed by atoms with Crippen LogP contribution in [0, 0.1) is 10.1 Å². The third-order valence-corrected chi connectivity index (χ3v) is 1.85. The zero-order valence-corrected chi connectivity index (χ0v) is 9.02. The van der Waals surface area contributed by atoms with E-state index < -0.39 is 46.5 Å². The molecule has 0 unspecified atom stereocenters. The van der Waals surface area contributed by atoms with Crippen LogP contribution in [0.1, 0.15) is 22.3 Å². The number of nitrogens with zero attached hydrogens (tertiary/aromatic N) is 2. The van der Waals surface area contributed by atoms with Gasteiger partial charge < -0.3 is 20.0 Å². The summed E-state index contributed by atoms with van der Waals surface area (Å²) >= 11 is 0. The van der Waals surface area contributed by atoms with E-state index >= 15 is 0 Å². The fourth-order valence-electron chi connectivity index (χ4n) is 1.19. The second-order valence-electron chi connectivity index (χ2n) is 3.16. The predicted molar refractivity (Wildman–Crippen MR) is 49.5 cm³/mol. The van der Waals surface area contributed by atoms with E-state index in [0.717, 1.165) is 0 Å². The minimum atomic E-state index is -5.45. The van der Waals surface area contributed by atoms with E-state index in [4.69, 9.17) is 5.11 Å². The lowest BCUT2D eigenvalue weighted by atomic mass is 10.1. The van der Waals surface area contributed by atoms with Crippen LogP contribution in [0.5, 0.6) is 5.88 Å². The van der Waals surface area contributed by atoms with Gasteiger partial charge in [0.05, 0.1) is 0 Å². The van der Waals surface area contributed by atoms with Crippen molar-refractivity contribution in [3.8, 4) is 5.88 Å².